The molecule has 0 saturated carbocycles. The summed E-state index contributed by atoms with van der Waals surface area (Å²) < 4.78 is 0. The van der Waals surface area contributed by atoms with Crippen LogP contribution in [0.5, 0.6) is 0 Å². The molecule has 1 heterocycles. The van der Waals surface area contributed by atoms with Crippen LogP contribution in [0.4, 0.5) is 0 Å². The van der Waals surface area contributed by atoms with Crippen LogP contribution in [0.1, 0.15) is 22.0 Å². The summed E-state index contributed by atoms with van der Waals surface area (Å²) in [6.07, 6.45) is 0.482. The third kappa shape index (κ3) is 2.22. The highest BCUT2D eigenvalue weighted by Gasteiger charge is 2.21. The molecule has 3 rings (SSSR count). The molecule has 0 aliphatic rings. The number of hydrogen-bond acceptors (Lipinski definition) is 2. The molecule has 2 N–H and O–H groups in total. The average Bonchev–Trinajstić information content (AvgIpc) is 2.90. The lowest BCUT2D eigenvalue weighted by atomic mass is 9.99. The Morgan fingerprint density at radius 2 is 1.80 bits per heavy atom. The maximum absolute atomic E-state index is 12.3. The summed E-state index contributed by atoms with van der Waals surface area (Å²) in [5, 5.41) is 11.7. The minimum Gasteiger partial charge on any atom is -0.380 e. The van der Waals surface area contributed by atoms with E-state index in [9.17, 15) is 9.90 Å². The van der Waals surface area contributed by atoms with E-state index in [1.54, 1.807) is 30.5 Å². The van der Waals surface area contributed by atoms with Crippen molar-refractivity contribution in [3.05, 3.63) is 70.9 Å². The van der Waals surface area contributed by atoms with Crippen molar-refractivity contribution in [2.45, 2.75) is 6.10 Å². The van der Waals surface area contributed by atoms with E-state index in [0.29, 0.717) is 16.1 Å². The van der Waals surface area contributed by atoms with E-state index in [-0.39, 0.29) is 5.78 Å². The summed E-state index contributed by atoms with van der Waals surface area (Å²) in [6, 6.07) is 14.0. The van der Waals surface area contributed by atoms with Crippen LogP contribution in [0, 0.1) is 0 Å². The summed E-state index contributed by atoms with van der Waals surface area (Å²) in [4.78, 5) is 15.3. The molecule has 1 atom stereocenters. The largest absolute Gasteiger partial charge is 0.380 e. The van der Waals surface area contributed by atoms with E-state index in [4.69, 9.17) is 11.6 Å². The number of fused-ring (bicyclic) bond motifs is 1. The van der Waals surface area contributed by atoms with Crippen molar-refractivity contribution < 1.29 is 9.90 Å². The Hall–Kier alpha value is -2.10. The number of carbonyl (C=O) groups excluding carboxylic acids is 1. The standard InChI is InChI=1S/C16H12ClNO2/c17-11-7-5-10(6-8-11)15(19)16(20)13-9-18-14-4-2-1-3-12(13)14/h1-9,16,18,20H/t16-/m0/s1. The van der Waals surface area contributed by atoms with Crippen LogP contribution in [0.2, 0.25) is 5.02 Å². The molecule has 4 heteroatoms. The number of aliphatic hydroxyl groups excluding tert-OH is 1. The van der Waals surface area contributed by atoms with Crippen molar-refractivity contribution in [3.8, 4) is 0 Å². The first kappa shape index (κ1) is 12.9. The first-order valence-corrected chi connectivity index (χ1v) is 6.58. The van der Waals surface area contributed by atoms with Crippen LogP contribution in [-0.4, -0.2) is 15.9 Å². The summed E-state index contributed by atoms with van der Waals surface area (Å²) in [5.41, 5.74) is 1.91. The van der Waals surface area contributed by atoms with E-state index in [1.165, 1.54) is 0 Å². The number of para-hydroxylation sites is 1. The number of ketones is 1. The second-order valence-electron chi connectivity index (χ2n) is 4.56. The van der Waals surface area contributed by atoms with Gasteiger partial charge in [0.1, 0.15) is 6.10 Å². The fourth-order valence-corrected chi connectivity index (χ4v) is 2.36. The molecular weight excluding hydrogens is 274 g/mol. The van der Waals surface area contributed by atoms with Gasteiger partial charge in [-0.25, -0.2) is 0 Å². The zero-order valence-corrected chi connectivity index (χ0v) is 11.3. The van der Waals surface area contributed by atoms with Gasteiger partial charge in [0.2, 0.25) is 0 Å². The quantitative estimate of drug-likeness (QED) is 0.720. The Labute approximate surface area is 120 Å². The van der Waals surface area contributed by atoms with Gasteiger partial charge in [-0.2, -0.15) is 0 Å². The molecule has 0 fully saturated rings. The van der Waals surface area contributed by atoms with Gasteiger partial charge in [0.15, 0.2) is 5.78 Å². The van der Waals surface area contributed by atoms with Crippen molar-refractivity contribution in [1.82, 2.24) is 4.98 Å². The van der Waals surface area contributed by atoms with Crippen molar-refractivity contribution in [2.24, 2.45) is 0 Å². The van der Waals surface area contributed by atoms with Crippen LogP contribution in [0.3, 0.4) is 0 Å². The number of halogens is 1. The van der Waals surface area contributed by atoms with E-state index in [0.717, 1.165) is 10.9 Å². The predicted molar refractivity (Wildman–Crippen MR) is 79.0 cm³/mol. The molecule has 2 aromatic carbocycles. The fourth-order valence-electron chi connectivity index (χ4n) is 2.23. The van der Waals surface area contributed by atoms with Gasteiger partial charge in [-0.1, -0.05) is 29.8 Å². The number of carbonyl (C=O) groups is 1. The zero-order chi connectivity index (χ0) is 14.1. The molecule has 0 aliphatic heterocycles. The molecule has 0 unspecified atom stereocenters. The van der Waals surface area contributed by atoms with E-state index in [2.05, 4.69) is 4.98 Å². The summed E-state index contributed by atoms with van der Waals surface area (Å²) >= 11 is 5.79. The predicted octanol–water partition coefficient (Wildman–Crippen LogP) is 3.74. The van der Waals surface area contributed by atoms with E-state index in [1.807, 2.05) is 24.3 Å². The highest BCUT2D eigenvalue weighted by atomic mass is 35.5. The number of aromatic amines is 1. The van der Waals surface area contributed by atoms with Crippen LogP contribution in [-0.2, 0) is 0 Å². The lowest BCUT2D eigenvalue weighted by Crippen LogP contribution is -2.11. The lowest BCUT2D eigenvalue weighted by Gasteiger charge is -2.09. The van der Waals surface area contributed by atoms with Crippen molar-refractivity contribution in [3.63, 3.8) is 0 Å². The van der Waals surface area contributed by atoms with E-state index >= 15 is 0 Å². The molecule has 0 bridgehead atoms. The smallest absolute Gasteiger partial charge is 0.195 e. The van der Waals surface area contributed by atoms with E-state index < -0.39 is 6.10 Å². The highest BCUT2D eigenvalue weighted by molar-refractivity contribution is 6.30. The van der Waals surface area contributed by atoms with Crippen molar-refractivity contribution in [1.29, 1.82) is 0 Å². The van der Waals surface area contributed by atoms with Crippen molar-refractivity contribution >= 4 is 28.3 Å². The Morgan fingerprint density at radius 1 is 1.10 bits per heavy atom. The molecule has 20 heavy (non-hydrogen) atoms. The Morgan fingerprint density at radius 3 is 2.55 bits per heavy atom. The molecular formula is C16H12ClNO2. The number of H-pyrrole nitrogens is 1. The Balaban J connectivity index is 1.97. The van der Waals surface area contributed by atoms with Crippen LogP contribution in [0.25, 0.3) is 10.9 Å². The first-order chi connectivity index (χ1) is 9.66. The van der Waals surface area contributed by atoms with Gasteiger partial charge >= 0.3 is 0 Å². The number of Topliss-reactive ketones (excluding diaryl/α,β-unsaturated/α-hetero) is 1. The van der Waals surface area contributed by atoms with Gasteiger partial charge in [-0.3, -0.25) is 4.79 Å². The number of aliphatic hydroxyl groups is 1. The monoisotopic (exact) mass is 285 g/mol. The van der Waals surface area contributed by atoms with Crippen LogP contribution < -0.4 is 0 Å². The Kier molecular flexibility index (Phi) is 3.30. The molecule has 1 aromatic heterocycles. The summed E-state index contributed by atoms with van der Waals surface area (Å²) in [7, 11) is 0. The lowest BCUT2D eigenvalue weighted by molar-refractivity contribution is 0.0750. The minimum atomic E-state index is -1.19. The summed E-state index contributed by atoms with van der Waals surface area (Å²) in [6.45, 7) is 0. The molecule has 3 nitrogen and oxygen atoms in total. The fraction of sp³-hybridized carbons (Fsp3) is 0.0625. The number of rotatable bonds is 3. The zero-order valence-electron chi connectivity index (χ0n) is 10.5. The van der Waals surface area contributed by atoms with Crippen molar-refractivity contribution in [2.75, 3.05) is 0 Å². The molecule has 0 radical (unpaired) electrons. The molecule has 0 spiro atoms. The molecule has 0 saturated heterocycles. The van der Waals surface area contributed by atoms with Gasteiger partial charge in [0, 0.05) is 33.2 Å². The SMILES string of the molecule is O=C(c1ccc(Cl)cc1)[C@@H](O)c1c[nH]c2ccccc12. The second kappa shape index (κ2) is 5.12. The number of aromatic nitrogens is 1. The van der Waals surface area contributed by atoms with Gasteiger partial charge in [0.25, 0.3) is 0 Å². The third-order valence-corrected chi connectivity index (χ3v) is 3.54. The Bertz CT molecular complexity index is 762. The van der Waals surface area contributed by atoms with Gasteiger partial charge < -0.3 is 10.1 Å². The van der Waals surface area contributed by atoms with Crippen LogP contribution in [0.15, 0.2) is 54.7 Å². The first-order valence-electron chi connectivity index (χ1n) is 6.20. The average molecular weight is 286 g/mol. The topological polar surface area (TPSA) is 53.1 Å². The maximum Gasteiger partial charge on any atom is 0.195 e. The number of nitrogens with one attached hydrogen (secondary N) is 1. The molecule has 0 aliphatic carbocycles. The van der Waals surface area contributed by atoms with Gasteiger partial charge in [-0.15, -0.1) is 0 Å². The molecule has 3 aromatic rings. The number of hydrogen-bond donors (Lipinski definition) is 2. The van der Waals surface area contributed by atoms with Crippen LogP contribution >= 0.6 is 11.6 Å². The third-order valence-electron chi connectivity index (χ3n) is 3.29. The molecule has 0 amide bonds. The minimum absolute atomic E-state index is 0.341. The highest BCUT2D eigenvalue weighted by Crippen LogP contribution is 2.26. The second-order valence-corrected chi connectivity index (χ2v) is 5.00. The molecule has 100 valence electrons. The maximum atomic E-state index is 12.3. The summed E-state index contributed by atoms with van der Waals surface area (Å²) in [5.74, 6) is -0.341. The number of benzene rings is 2. The van der Waals surface area contributed by atoms with Gasteiger partial charge in [0.05, 0.1) is 0 Å². The normalized spacial score (nSPS) is 12.5. The van der Waals surface area contributed by atoms with Gasteiger partial charge in [-0.05, 0) is 30.3 Å².